The van der Waals surface area contributed by atoms with Crippen molar-refractivity contribution < 1.29 is 19.6 Å². The van der Waals surface area contributed by atoms with Gasteiger partial charge in [0.2, 0.25) is 5.91 Å². The molecule has 0 saturated carbocycles. The number of thioether (sulfide) groups is 1. The number of nitrogens with zero attached hydrogens (tertiary/aromatic N) is 1. The van der Waals surface area contributed by atoms with E-state index in [4.69, 9.17) is 9.47 Å². The molecule has 0 aliphatic carbocycles. The summed E-state index contributed by atoms with van der Waals surface area (Å²) in [5.41, 5.74) is 1.08. The van der Waals surface area contributed by atoms with Crippen molar-refractivity contribution in [1.29, 1.82) is 0 Å². The maximum atomic E-state index is 12.5. The summed E-state index contributed by atoms with van der Waals surface area (Å²) < 4.78 is 10.7. The molecule has 1 aliphatic rings. The largest absolute Gasteiger partial charge is 0.493 e. The minimum atomic E-state index is -0.00727. The van der Waals surface area contributed by atoms with E-state index in [9.17, 15) is 4.79 Å². The fourth-order valence-electron chi connectivity index (χ4n) is 2.71. The number of quaternary nitrogens is 1. The summed E-state index contributed by atoms with van der Waals surface area (Å²) in [4.78, 5) is 14.5. The van der Waals surface area contributed by atoms with Crippen molar-refractivity contribution in [2.24, 2.45) is 0 Å². The molecule has 1 amide bonds. The molecule has 0 radical (unpaired) electrons. The van der Waals surface area contributed by atoms with Gasteiger partial charge >= 0.3 is 0 Å². The topological polar surface area (TPSA) is 55.4 Å². The number of rotatable bonds is 7. The third-order valence-electron chi connectivity index (χ3n) is 3.95. The van der Waals surface area contributed by atoms with E-state index in [0.717, 1.165) is 18.7 Å². The van der Waals surface area contributed by atoms with Gasteiger partial charge < -0.3 is 19.7 Å². The van der Waals surface area contributed by atoms with E-state index in [1.54, 1.807) is 26.0 Å². The zero-order valence-corrected chi connectivity index (χ0v) is 15.4. The van der Waals surface area contributed by atoms with Crippen LogP contribution in [0.1, 0.15) is 31.7 Å². The molecule has 2 rings (SSSR count). The number of hydrogen-bond acceptors (Lipinski definition) is 4. The number of benzene rings is 1. The summed E-state index contributed by atoms with van der Waals surface area (Å²) in [5, 5.41) is 2.29. The highest BCUT2D eigenvalue weighted by Crippen LogP contribution is 2.44. The van der Waals surface area contributed by atoms with Crippen LogP contribution in [0.2, 0.25) is 0 Å². The second kappa shape index (κ2) is 7.93. The van der Waals surface area contributed by atoms with Crippen molar-refractivity contribution in [1.82, 2.24) is 4.90 Å². The van der Waals surface area contributed by atoms with E-state index in [1.165, 1.54) is 0 Å². The molecule has 128 valence electrons. The van der Waals surface area contributed by atoms with Crippen LogP contribution in [-0.4, -0.2) is 49.4 Å². The Morgan fingerprint density at radius 1 is 1.26 bits per heavy atom. The zero-order valence-electron chi connectivity index (χ0n) is 14.5. The lowest BCUT2D eigenvalue weighted by atomic mass is 10.1. The van der Waals surface area contributed by atoms with Crippen LogP contribution in [0.3, 0.4) is 0 Å². The number of carbonyl (C=O) groups excluding carboxylic acids is 1. The van der Waals surface area contributed by atoms with Crippen molar-refractivity contribution in [2.75, 3.05) is 27.3 Å². The van der Waals surface area contributed by atoms with Gasteiger partial charge in [-0.3, -0.25) is 4.79 Å². The van der Waals surface area contributed by atoms with Gasteiger partial charge in [0.15, 0.2) is 11.5 Å². The summed E-state index contributed by atoms with van der Waals surface area (Å²) >= 11 is 1.69. The first-order valence-corrected chi connectivity index (χ1v) is 8.93. The van der Waals surface area contributed by atoms with Gasteiger partial charge in [0, 0.05) is 0 Å². The molecule has 23 heavy (non-hydrogen) atoms. The number of methoxy groups -OCH3 is 2. The molecule has 1 fully saturated rings. The van der Waals surface area contributed by atoms with Crippen molar-refractivity contribution in [2.45, 2.75) is 37.4 Å². The molecule has 1 heterocycles. The first-order chi connectivity index (χ1) is 11.0. The fourth-order valence-corrected chi connectivity index (χ4v) is 4.01. The number of hydrogen-bond donors (Lipinski definition) is 1. The van der Waals surface area contributed by atoms with E-state index in [1.807, 2.05) is 30.0 Å². The van der Waals surface area contributed by atoms with Gasteiger partial charge in [-0.25, -0.2) is 0 Å². The lowest BCUT2D eigenvalue weighted by Gasteiger charge is -2.24. The average Bonchev–Trinajstić information content (AvgIpc) is 2.82. The molecule has 1 aromatic carbocycles. The lowest BCUT2D eigenvalue weighted by molar-refractivity contribution is -0.682. The third-order valence-corrected chi connectivity index (χ3v) is 5.34. The van der Waals surface area contributed by atoms with Crippen molar-refractivity contribution in [3.05, 3.63) is 23.8 Å². The quantitative estimate of drug-likeness (QED) is 0.820. The Kier molecular flexibility index (Phi) is 6.18. The Hall–Kier alpha value is -1.40. The zero-order chi connectivity index (χ0) is 17.0. The summed E-state index contributed by atoms with van der Waals surface area (Å²) in [6.45, 7) is 7.98. The molecule has 1 saturated heterocycles. The maximum absolute atomic E-state index is 12.5. The van der Waals surface area contributed by atoms with Gasteiger partial charge in [-0.1, -0.05) is 6.07 Å². The smallest absolute Gasteiger partial charge is 0.236 e. The van der Waals surface area contributed by atoms with Crippen molar-refractivity contribution >= 4 is 17.7 Å². The predicted octanol–water partition coefficient (Wildman–Crippen LogP) is 1.64. The minimum Gasteiger partial charge on any atom is -0.493 e. The number of carbonyl (C=O) groups is 1. The Balaban J connectivity index is 2.19. The van der Waals surface area contributed by atoms with Crippen LogP contribution in [0.5, 0.6) is 11.5 Å². The van der Waals surface area contributed by atoms with E-state index in [0.29, 0.717) is 17.5 Å². The van der Waals surface area contributed by atoms with Crippen LogP contribution in [0.4, 0.5) is 0 Å². The Morgan fingerprint density at radius 3 is 2.57 bits per heavy atom. The van der Waals surface area contributed by atoms with Gasteiger partial charge in [-0.2, -0.15) is 0 Å². The highest BCUT2D eigenvalue weighted by molar-refractivity contribution is 8.01. The molecule has 0 unspecified atom stereocenters. The highest BCUT2D eigenvalue weighted by atomic mass is 32.2. The van der Waals surface area contributed by atoms with E-state index < -0.39 is 0 Å². The number of nitrogens with two attached hydrogens (primary N) is 1. The van der Waals surface area contributed by atoms with E-state index >= 15 is 0 Å². The van der Waals surface area contributed by atoms with Gasteiger partial charge in [0.1, 0.15) is 5.37 Å². The molecule has 0 aromatic heterocycles. The molecule has 0 spiro atoms. The normalized spacial score (nSPS) is 21.1. The third kappa shape index (κ3) is 4.12. The molecule has 2 N–H and O–H groups in total. The van der Waals surface area contributed by atoms with E-state index in [2.05, 4.69) is 19.2 Å². The predicted molar refractivity (Wildman–Crippen MR) is 93.0 cm³/mol. The maximum Gasteiger partial charge on any atom is 0.236 e. The van der Waals surface area contributed by atoms with Crippen LogP contribution >= 0.6 is 11.8 Å². The van der Waals surface area contributed by atoms with Gasteiger partial charge in [0.05, 0.1) is 38.6 Å². The van der Waals surface area contributed by atoms with Gasteiger partial charge in [-0.05, 0) is 38.5 Å². The molecular weight excluding hydrogens is 312 g/mol. The summed E-state index contributed by atoms with van der Waals surface area (Å²) in [5.74, 6) is 1.62. The number of amides is 1. The summed E-state index contributed by atoms with van der Waals surface area (Å²) in [7, 11) is 3.26. The molecule has 5 nitrogen and oxygen atoms in total. The van der Waals surface area contributed by atoms with Gasteiger partial charge in [0.25, 0.3) is 0 Å². The molecule has 0 bridgehead atoms. The first kappa shape index (κ1) is 17.9. The van der Waals surface area contributed by atoms with Crippen LogP contribution in [0.15, 0.2) is 18.2 Å². The molecule has 2 atom stereocenters. The number of ether oxygens (including phenoxy) is 2. The lowest BCUT2D eigenvalue weighted by Crippen LogP contribution is -2.89. The summed E-state index contributed by atoms with van der Waals surface area (Å²) in [6, 6.07) is 6.43. The molecular formula is C17H27N2O3S+. The van der Waals surface area contributed by atoms with Crippen molar-refractivity contribution in [3.8, 4) is 11.5 Å². The van der Waals surface area contributed by atoms with E-state index in [-0.39, 0.29) is 16.5 Å². The summed E-state index contributed by atoms with van der Waals surface area (Å²) in [6.07, 6.45) is 0. The SMILES string of the molecule is COc1ccc([C@@H]2S[C@H](C)C(=O)N2CC[NH2+]C(C)C)cc1OC. The van der Waals surface area contributed by atoms with Crippen LogP contribution in [0, 0.1) is 0 Å². The first-order valence-electron chi connectivity index (χ1n) is 7.99. The fraction of sp³-hybridized carbons (Fsp3) is 0.588. The van der Waals surface area contributed by atoms with Crippen LogP contribution in [-0.2, 0) is 4.79 Å². The second-order valence-electron chi connectivity index (χ2n) is 6.05. The average molecular weight is 339 g/mol. The monoisotopic (exact) mass is 339 g/mol. The Labute approximate surface area is 142 Å². The van der Waals surface area contributed by atoms with Crippen LogP contribution < -0.4 is 14.8 Å². The molecule has 6 heteroatoms. The highest BCUT2D eigenvalue weighted by Gasteiger charge is 2.38. The minimum absolute atomic E-state index is 0.00727. The Morgan fingerprint density at radius 2 is 1.96 bits per heavy atom. The second-order valence-corrected chi connectivity index (χ2v) is 7.47. The Bertz CT molecular complexity index is 551. The van der Waals surface area contributed by atoms with Gasteiger partial charge in [-0.15, -0.1) is 11.8 Å². The molecule has 1 aromatic rings. The van der Waals surface area contributed by atoms with Crippen molar-refractivity contribution in [3.63, 3.8) is 0 Å². The van der Waals surface area contributed by atoms with Crippen LogP contribution in [0.25, 0.3) is 0 Å². The molecule has 1 aliphatic heterocycles. The standard InChI is InChI=1S/C17H26N2O3S/c1-11(2)18-8-9-19-16(20)12(3)23-17(19)13-6-7-14(21-4)15(10-13)22-5/h6-7,10-12,17-18H,8-9H2,1-5H3/p+1/t12-,17+/m1/s1.